The number of oxazole rings is 1. The number of hydrogen-bond donors (Lipinski definition) is 0. The Kier molecular flexibility index (Phi) is 0.941. The summed E-state index contributed by atoms with van der Waals surface area (Å²) in [6.07, 6.45) is 4.32. The van der Waals surface area contributed by atoms with Crippen molar-refractivity contribution in [3.8, 4) is 0 Å². The zero-order valence-electron chi connectivity index (χ0n) is 3.66. The summed E-state index contributed by atoms with van der Waals surface area (Å²) in [5.74, 6) is 0.458. The van der Waals surface area contributed by atoms with Crippen LogP contribution in [0.5, 0.6) is 0 Å². The maximum Gasteiger partial charge on any atom is 0.218 e. The van der Waals surface area contributed by atoms with Crippen LogP contribution in [0, 0.1) is 6.58 Å². The lowest BCUT2D eigenvalue weighted by atomic mass is 10.6. The predicted octanol–water partition coefficient (Wildman–Crippen LogP) is 1.12. The van der Waals surface area contributed by atoms with E-state index < -0.39 is 0 Å². The maximum absolute atomic E-state index is 5.01. The second kappa shape index (κ2) is 1.60. The van der Waals surface area contributed by atoms with E-state index in [0.717, 1.165) is 0 Å². The lowest BCUT2D eigenvalue weighted by molar-refractivity contribution is 0.546. The normalized spacial score (nSPS) is 8.57. The molecular formula is C5H4NO. The molecule has 0 unspecified atom stereocenters. The Labute approximate surface area is 41.5 Å². The Morgan fingerprint density at radius 1 is 1.86 bits per heavy atom. The Hall–Kier alpha value is -1.05. The van der Waals surface area contributed by atoms with Gasteiger partial charge in [-0.2, -0.15) is 0 Å². The van der Waals surface area contributed by atoms with Gasteiger partial charge >= 0.3 is 0 Å². The molecule has 35 valence electrons. The average molecular weight is 94.1 g/mol. The molecule has 1 aromatic heterocycles. The van der Waals surface area contributed by atoms with Crippen LogP contribution in [0.25, 0.3) is 6.08 Å². The van der Waals surface area contributed by atoms with Crippen molar-refractivity contribution in [1.29, 1.82) is 0 Å². The van der Waals surface area contributed by atoms with Gasteiger partial charge in [-0.1, -0.05) is 6.58 Å². The van der Waals surface area contributed by atoms with Crippen LogP contribution in [-0.2, 0) is 0 Å². The highest BCUT2D eigenvalue weighted by molar-refractivity contribution is 5.30. The molecule has 0 bridgehead atoms. The summed E-state index contributed by atoms with van der Waals surface area (Å²) in [4.78, 5) is 3.69. The third kappa shape index (κ3) is 0.682. The molecule has 0 aliphatic carbocycles. The van der Waals surface area contributed by atoms with Crippen molar-refractivity contribution in [3.63, 3.8) is 0 Å². The van der Waals surface area contributed by atoms with Crippen LogP contribution in [0.2, 0.25) is 0 Å². The molecule has 0 atom stereocenters. The smallest absolute Gasteiger partial charge is 0.218 e. The molecule has 2 heteroatoms. The van der Waals surface area contributed by atoms with Crippen LogP contribution in [-0.4, -0.2) is 4.98 Å². The van der Waals surface area contributed by atoms with Gasteiger partial charge in [-0.05, 0) is 0 Å². The minimum Gasteiger partial charge on any atom is -0.445 e. The van der Waals surface area contributed by atoms with E-state index in [1.165, 1.54) is 12.3 Å². The average Bonchev–Trinajstić information content (AvgIpc) is 2.14. The van der Waals surface area contributed by atoms with Crippen LogP contribution < -0.4 is 0 Å². The standard InChI is InChI=1S/C5H4NO/c1-2-5-6-3-4-7-5/h1-4H. The van der Waals surface area contributed by atoms with E-state index in [0.29, 0.717) is 5.89 Å². The Morgan fingerprint density at radius 3 is 3.00 bits per heavy atom. The zero-order chi connectivity index (χ0) is 5.11. The largest absolute Gasteiger partial charge is 0.445 e. The first kappa shape index (κ1) is 4.12. The molecule has 0 fully saturated rings. The van der Waals surface area contributed by atoms with Crippen LogP contribution in [0.3, 0.4) is 0 Å². The van der Waals surface area contributed by atoms with Gasteiger partial charge in [-0.15, -0.1) is 0 Å². The molecule has 0 aliphatic rings. The topological polar surface area (TPSA) is 26.0 Å². The lowest BCUT2D eigenvalue weighted by Gasteiger charge is -1.70. The molecule has 0 aromatic carbocycles. The van der Waals surface area contributed by atoms with Gasteiger partial charge in [0, 0.05) is 6.08 Å². The SMILES string of the molecule is [CH]=Cc1ncco1. The third-order valence-electron chi connectivity index (χ3n) is 0.594. The summed E-state index contributed by atoms with van der Waals surface area (Å²) < 4.78 is 4.69. The van der Waals surface area contributed by atoms with E-state index in [1.807, 2.05) is 0 Å². The highest BCUT2D eigenvalue weighted by Gasteiger charge is 1.82. The van der Waals surface area contributed by atoms with Gasteiger partial charge in [0.2, 0.25) is 5.89 Å². The summed E-state index contributed by atoms with van der Waals surface area (Å²) in [5.41, 5.74) is 0. The quantitative estimate of drug-likeness (QED) is 0.521. The van der Waals surface area contributed by atoms with Crippen molar-refractivity contribution in [1.82, 2.24) is 4.98 Å². The fourth-order valence-electron chi connectivity index (χ4n) is 0.317. The summed E-state index contributed by atoms with van der Waals surface area (Å²) in [6, 6.07) is 0. The monoisotopic (exact) mass is 94.0 g/mol. The van der Waals surface area contributed by atoms with Gasteiger partial charge in [-0.25, -0.2) is 4.98 Å². The van der Waals surface area contributed by atoms with Crippen LogP contribution in [0.15, 0.2) is 16.9 Å². The summed E-state index contributed by atoms with van der Waals surface area (Å²) in [6.45, 7) is 5.01. The highest BCUT2D eigenvalue weighted by atomic mass is 16.3. The first-order valence-electron chi connectivity index (χ1n) is 1.88. The fraction of sp³-hybridized carbons (Fsp3) is 0. The van der Waals surface area contributed by atoms with Crippen LogP contribution >= 0.6 is 0 Å². The molecule has 1 radical (unpaired) electrons. The van der Waals surface area contributed by atoms with E-state index in [2.05, 4.69) is 4.98 Å². The molecular weight excluding hydrogens is 90.1 g/mol. The molecule has 0 saturated heterocycles. The second-order valence-corrected chi connectivity index (χ2v) is 1.04. The highest BCUT2D eigenvalue weighted by Crippen LogP contribution is 1.92. The number of aromatic nitrogens is 1. The van der Waals surface area contributed by atoms with Gasteiger partial charge < -0.3 is 4.42 Å². The molecule has 1 heterocycles. The molecule has 0 spiro atoms. The number of rotatable bonds is 1. The van der Waals surface area contributed by atoms with Gasteiger partial charge in [0.25, 0.3) is 0 Å². The first-order valence-corrected chi connectivity index (χ1v) is 1.88. The molecule has 0 N–H and O–H groups in total. The number of hydrogen-bond acceptors (Lipinski definition) is 2. The zero-order valence-corrected chi connectivity index (χ0v) is 3.66. The van der Waals surface area contributed by atoms with Gasteiger partial charge in [-0.3, -0.25) is 0 Å². The molecule has 0 amide bonds. The van der Waals surface area contributed by atoms with E-state index in [-0.39, 0.29) is 0 Å². The van der Waals surface area contributed by atoms with E-state index >= 15 is 0 Å². The third-order valence-corrected chi connectivity index (χ3v) is 0.594. The van der Waals surface area contributed by atoms with Gasteiger partial charge in [0.05, 0.1) is 6.20 Å². The molecule has 1 aromatic rings. The molecule has 0 saturated carbocycles. The van der Waals surface area contributed by atoms with Crippen molar-refractivity contribution in [3.05, 3.63) is 24.9 Å². The number of nitrogens with zero attached hydrogens (tertiary/aromatic N) is 1. The fourth-order valence-corrected chi connectivity index (χ4v) is 0.317. The van der Waals surface area contributed by atoms with Crippen molar-refractivity contribution in [2.45, 2.75) is 0 Å². The molecule has 7 heavy (non-hydrogen) atoms. The molecule has 0 aliphatic heterocycles. The van der Waals surface area contributed by atoms with Crippen LogP contribution in [0.1, 0.15) is 5.89 Å². The molecule has 1 rings (SSSR count). The predicted molar refractivity (Wildman–Crippen MR) is 25.3 cm³/mol. The Bertz CT molecular complexity index is 143. The van der Waals surface area contributed by atoms with Gasteiger partial charge in [0.15, 0.2) is 0 Å². The van der Waals surface area contributed by atoms with Gasteiger partial charge in [0.1, 0.15) is 6.26 Å². The minimum atomic E-state index is 0.458. The van der Waals surface area contributed by atoms with Crippen molar-refractivity contribution >= 4 is 6.08 Å². The van der Waals surface area contributed by atoms with Crippen molar-refractivity contribution in [2.24, 2.45) is 0 Å². The second-order valence-electron chi connectivity index (χ2n) is 1.04. The lowest BCUT2D eigenvalue weighted by Crippen LogP contribution is -1.61. The van der Waals surface area contributed by atoms with Crippen molar-refractivity contribution in [2.75, 3.05) is 0 Å². The minimum absolute atomic E-state index is 0.458. The van der Waals surface area contributed by atoms with Crippen molar-refractivity contribution < 1.29 is 4.42 Å². The Balaban J connectivity index is 2.96. The maximum atomic E-state index is 5.01. The summed E-state index contributed by atoms with van der Waals surface area (Å²) in [7, 11) is 0. The van der Waals surface area contributed by atoms with E-state index in [9.17, 15) is 0 Å². The molecule has 2 nitrogen and oxygen atoms in total. The van der Waals surface area contributed by atoms with E-state index in [4.69, 9.17) is 11.0 Å². The van der Waals surface area contributed by atoms with E-state index in [1.54, 1.807) is 6.20 Å². The van der Waals surface area contributed by atoms with Crippen LogP contribution in [0.4, 0.5) is 0 Å². The summed E-state index contributed by atoms with van der Waals surface area (Å²) >= 11 is 0. The summed E-state index contributed by atoms with van der Waals surface area (Å²) in [5, 5.41) is 0. The first-order chi connectivity index (χ1) is 3.43. The Morgan fingerprint density at radius 2 is 2.71 bits per heavy atom.